The van der Waals surface area contributed by atoms with Crippen LogP contribution in [-0.4, -0.2) is 43.3 Å². The molecule has 0 bridgehead atoms. The van der Waals surface area contributed by atoms with Crippen molar-refractivity contribution in [3.63, 3.8) is 0 Å². The molecule has 1 fully saturated rings. The first-order chi connectivity index (χ1) is 13.7. The molecule has 2 aromatic rings. The predicted octanol–water partition coefficient (Wildman–Crippen LogP) is 2.75. The highest BCUT2D eigenvalue weighted by Gasteiger charge is 2.33. The lowest BCUT2D eigenvalue weighted by molar-refractivity contribution is -0.121. The average Bonchev–Trinajstić information content (AvgIpc) is 3.25. The molecule has 0 spiro atoms. The van der Waals surface area contributed by atoms with E-state index in [2.05, 4.69) is 28.8 Å². The van der Waals surface area contributed by atoms with Gasteiger partial charge in [0, 0.05) is 18.6 Å². The van der Waals surface area contributed by atoms with E-state index >= 15 is 0 Å². The molecule has 156 valence electrons. The van der Waals surface area contributed by atoms with E-state index in [4.69, 9.17) is 4.74 Å². The fourth-order valence-corrected chi connectivity index (χ4v) is 5.56. The first kappa shape index (κ1) is 21.5. The Morgan fingerprint density at radius 3 is 2.55 bits per heavy atom. The Kier molecular flexibility index (Phi) is 6.44. The Morgan fingerprint density at radius 2 is 1.93 bits per heavy atom. The van der Waals surface area contributed by atoms with Gasteiger partial charge in [-0.2, -0.15) is 0 Å². The van der Waals surface area contributed by atoms with Gasteiger partial charge in [-0.1, -0.05) is 36.9 Å². The maximum absolute atomic E-state index is 12.8. The van der Waals surface area contributed by atoms with Crippen LogP contribution in [0.5, 0.6) is 5.75 Å². The second kappa shape index (κ2) is 8.67. The second-order valence-corrected chi connectivity index (χ2v) is 10.6. The molecule has 29 heavy (non-hydrogen) atoms. The number of ether oxygens (including phenoxy) is 1. The summed E-state index contributed by atoms with van der Waals surface area (Å²) in [5.74, 6) is 0.758. The molecule has 2 amide bonds. The number of carbonyl (C=O) groups is 2. The van der Waals surface area contributed by atoms with Gasteiger partial charge in [-0.15, -0.1) is 10.2 Å². The van der Waals surface area contributed by atoms with Crippen LogP contribution in [-0.2, 0) is 19.6 Å². The molecule has 1 saturated heterocycles. The number of sulfonamides is 1. The first-order valence-corrected chi connectivity index (χ1v) is 12.0. The zero-order valence-corrected chi connectivity index (χ0v) is 18.5. The lowest BCUT2D eigenvalue weighted by Crippen LogP contribution is -2.29. The van der Waals surface area contributed by atoms with Gasteiger partial charge in [0.1, 0.15) is 5.75 Å². The summed E-state index contributed by atoms with van der Waals surface area (Å²) in [6.07, 6.45) is 0.164. The number of hydrogen-bond acceptors (Lipinski definition) is 9. The number of thioether (sulfide) groups is 1. The van der Waals surface area contributed by atoms with E-state index < -0.39 is 21.8 Å². The standard InChI is InChI=1S/C17H20N4O5S3/c1-10(2)9-27-17-19-18-16(28-17)20-29(24,25)11-4-5-13(26-3)12(8-11)21-14(22)6-7-15(21)23/h4-5,8,10H,6-7,9H2,1-3H3,(H,18,20). The maximum Gasteiger partial charge on any atom is 0.263 e. The Labute approximate surface area is 176 Å². The zero-order valence-electron chi connectivity index (χ0n) is 16.0. The second-order valence-electron chi connectivity index (χ2n) is 6.64. The van der Waals surface area contributed by atoms with Gasteiger partial charge in [0.15, 0.2) is 4.34 Å². The summed E-state index contributed by atoms with van der Waals surface area (Å²) < 4.78 is 33.9. The van der Waals surface area contributed by atoms with Gasteiger partial charge >= 0.3 is 0 Å². The van der Waals surface area contributed by atoms with E-state index in [1.165, 1.54) is 37.1 Å². The van der Waals surface area contributed by atoms with Crippen LogP contribution in [0.4, 0.5) is 10.8 Å². The van der Waals surface area contributed by atoms with E-state index in [1.807, 2.05) is 0 Å². The highest BCUT2D eigenvalue weighted by atomic mass is 32.2. The Hall–Kier alpha value is -2.18. The number of methoxy groups -OCH3 is 1. The molecular formula is C17H20N4O5S3. The normalized spacial score (nSPS) is 14.7. The molecule has 2 heterocycles. The molecule has 1 N–H and O–H groups in total. The van der Waals surface area contributed by atoms with Crippen LogP contribution >= 0.6 is 23.1 Å². The Morgan fingerprint density at radius 1 is 1.24 bits per heavy atom. The third-order valence-electron chi connectivity index (χ3n) is 3.92. The van der Waals surface area contributed by atoms with Crippen LogP contribution in [0.15, 0.2) is 27.4 Å². The minimum Gasteiger partial charge on any atom is -0.495 e. The summed E-state index contributed by atoms with van der Waals surface area (Å²) in [6, 6.07) is 4.00. The highest BCUT2D eigenvalue weighted by molar-refractivity contribution is 8.01. The third kappa shape index (κ3) is 4.87. The summed E-state index contributed by atoms with van der Waals surface area (Å²) >= 11 is 2.65. The fourth-order valence-electron chi connectivity index (χ4n) is 2.58. The van der Waals surface area contributed by atoms with Crippen LogP contribution in [0, 0.1) is 5.92 Å². The van der Waals surface area contributed by atoms with Crippen LogP contribution in [0.25, 0.3) is 0 Å². The molecule has 1 aromatic heterocycles. The number of nitrogens with zero attached hydrogens (tertiary/aromatic N) is 3. The van der Waals surface area contributed by atoms with Crippen molar-refractivity contribution in [2.45, 2.75) is 35.9 Å². The molecule has 1 aliphatic rings. The van der Waals surface area contributed by atoms with Crippen molar-refractivity contribution in [2.75, 3.05) is 22.5 Å². The highest BCUT2D eigenvalue weighted by Crippen LogP contribution is 2.35. The van der Waals surface area contributed by atoms with Gasteiger partial charge in [0.05, 0.1) is 17.7 Å². The number of amides is 2. The van der Waals surface area contributed by atoms with Crippen molar-refractivity contribution in [1.82, 2.24) is 10.2 Å². The lowest BCUT2D eigenvalue weighted by atomic mass is 10.2. The molecule has 0 unspecified atom stereocenters. The number of benzene rings is 1. The number of carbonyl (C=O) groups excluding carboxylic acids is 2. The van der Waals surface area contributed by atoms with Crippen molar-refractivity contribution >= 4 is 55.8 Å². The lowest BCUT2D eigenvalue weighted by Gasteiger charge is -2.18. The fraction of sp³-hybridized carbons (Fsp3) is 0.412. The molecule has 0 aliphatic carbocycles. The first-order valence-electron chi connectivity index (χ1n) is 8.74. The SMILES string of the molecule is COc1ccc(S(=O)(=O)Nc2nnc(SCC(C)C)s2)cc1N1C(=O)CCC1=O. The van der Waals surface area contributed by atoms with Crippen molar-refractivity contribution in [3.05, 3.63) is 18.2 Å². The summed E-state index contributed by atoms with van der Waals surface area (Å²) in [5.41, 5.74) is 0.105. The predicted molar refractivity (Wildman–Crippen MR) is 111 cm³/mol. The largest absolute Gasteiger partial charge is 0.495 e. The molecular weight excluding hydrogens is 436 g/mol. The monoisotopic (exact) mass is 456 g/mol. The van der Waals surface area contributed by atoms with Crippen molar-refractivity contribution in [3.8, 4) is 5.75 Å². The molecule has 0 atom stereocenters. The number of aromatic nitrogens is 2. The molecule has 3 rings (SSSR count). The van der Waals surface area contributed by atoms with E-state index in [9.17, 15) is 18.0 Å². The molecule has 1 aliphatic heterocycles. The molecule has 0 radical (unpaired) electrons. The molecule has 12 heteroatoms. The van der Waals surface area contributed by atoms with Gasteiger partial charge in [-0.05, 0) is 24.1 Å². The summed E-state index contributed by atoms with van der Waals surface area (Å²) in [7, 11) is -2.62. The van der Waals surface area contributed by atoms with Crippen LogP contribution in [0.2, 0.25) is 0 Å². The molecule has 1 aromatic carbocycles. The van der Waals surface area contributed by atoms with Gasteiger partial charge < -0.3 is 4.74 Å². The van der Waals surface area contributed by atoms with Crippen molar-refractivity contribution in [2.24, 2.45) is 5.92 Å². The van der Waals surface area contributed by atoms with Crippen molar-refractivity contribution in [1.29, 1.82) is 0 Å². The third-order valence-corrected chi connectivity index (χ3v) is 7.79. The van der Waals surface area contributed by atoms with E-state index in [0.717, 1.165) is 22.0 Å². The van der Waals surface area contributed by atoms with Gasteiger partial charge in [-0.3, -0.25) is 14.3 Å². The van der Waals surface area contributed by atoms with Crippen LogP contribution < -0.4 is 14.4 Å². The summed E-state index contributed by atoms with van der Waals surface area (Å²) in [4.78, 5) is 25.0. The quantitative estimate of drug-likeness (QED) is 0.476. The van der Waals surface area contributed by atoms with Gasteiger partial charge in [0.2, 0.25) is 16.9 Å². The molecule has 0 saturated carbocycles. The van der Waals surface area contributed by atoms with Gasteiger partial charge in [0.25, 0.3) is 10.0 Å². The summed E-state index contributed by atoms with van der Waals surface area (Å²) in [5, 5.41) is 8.00. The minimum atomic E-state index is -4.00. The van der Waals surface area contributed by atoms with E-state index in [1.54, 1.807) is 0 Å². The van der Waals surface area contributed by atoms with Crippen LogP contribution in [0.3, 0.4) is 0 Å². The van der Waals surface area contributed by atoms with E-state index in [-0.39, 0.29) is 34.3 Å². The number of nitrogens with one attached hydrogen (secondary N) is 1. The molecule has 9 nitrogen and oxygen atoms in total. The number of rotatable bonds is 8. The number of imide groups is 1. The zero-order chi connectivity index (χ0) is 21.2. The topological polar surface area (TPSA) is 119 Å². The number of anilines is 2. The smallest absolute Gasteiger partial charge is 0.263 e. The Balaban J connectivity index is 1.86. The van der Waals surface area contributed by atoms with E-state index in [0.29, 0.717) is 10.3 Å². The Bertz CT molecular complexity index is 1020. The van der Waals surface area contributed by atoms with Crippen LogP contribution in [0.1, 0.15) is 26.7 Å². The average molecular weight is 457 g/mol. The van der Waals surface area contributed by atoms with Gasteiger partial charge in [-0.25, -0.2) is 13.3 Å². The summed E-state index contributed by atoms with van der Waals surface area (Å²) in [6.45, 7) is 4.16. The minimum absolute atomic E-state index is 0.0822. The number of hydrogen-bond donors (Lipinski definition) is 1. The van der Waals surface area contributed by atoms with Crippen molar-refractivity contribution < 1.29 is 22.7 Å². The maximum atomic E-state index is 12.8.